The lowest BCUT2D eigenvalue weighted by Gasteiger charge is -1.97. The van der Waals surface area contributed by atoms with E-state index in [0.29, 0.717) is 17.1 Å². The molecule has 84 valence electrons. The Morgan fingerprint density at radius 1 is 1.44 bits per heavy atom. The minimum atomic E-state index is 0.0221. The molecule has 1 aliphatic carbocycles. The lowest BCUT2D eigenvalue weighted by Crippen LogP contribution is -2.23. The van der Waals surface area contributed by atoms with E-state index in [9.17, 15) is 4.79 Å². The van der Waals surface area contributed by atoms with Crippen LogP contribution in [0, 0.1) is 0 Å². The van der Waals surface area contributed by atoms with E-state index in [0.717, 1.165) is 17.8 Å². The van der Waals surface area contributed by atoms with Crippen LogP contribution in [0.1, 0.15) is 23.9 Å². The Kier molecular flexibility index (Phi) is 2.33. The number of aromatic nitrogens is 4. The van der Waals surface area contributed by atoms with E-state index in [1.54, 1.807) is 15.3 Å². The van der Waals surface area contributed by atoms with Gasteiger partial charge in [-0.05, 0) is 24.4 Å². The topological polar surface area (TPSA) is 52.7 Å². The summed E-state index contributed by atoms with van der Waals surface area (Å²) in [5.41, 5.74) is 0.0221. The van der Waals surface area contributed by atoms with Crippen molar-refractivity contribution in [3.63, 3.8) is 0 Å². The Balaban J connectivity index is 1.87. The molecule has 0 aliphatic heterocycles. The van der Waals surface area contributed by atoms with Crippen molar-refractivity contribution >= 4 is 22.9 Å². The normalized spacial score (nSPS) is 15.6. The average Bonchev–Trinajstić information content (AvgIpc) is 2.93. The predicted octanol–water partition coefficient (Wildman–Crippen LogP) is 1.54. The monoisotopic (exact) mass is 256 g/mol. The molecule has 3 rings (SSSR count). The van der Waals surface area contributed by atoms with Gasteiger partial charge in [-0.2, -0.15) is 0 Å². The molecule has 0 aromatic carbocycles. The molecule has 0 saturated heterocycles. The highest BCUT2D eigenvalue weighted by atomic mass is 35.5. The first kappa shape index (κ1) is 10.0. The first-order valence-electron chi connectivity index (χ1n) is 4.99. The highest BCUT2D eigenvalue weighted by molar-refractivity contribution is 7.15. The van der Waals surface area contributed by atoms with Crippen LogP contribution in [0.4, 0.5) is 0 Å². The van der Waals surface area contributed by atoms with Crippen molar-refractivity contribution in [1.82, 2.24) is 19.3 Å². The third kappa shape index (κ3) is 1.78. The Hall–Kier alpha value is -1.14. The minimum Gasteiger partial charge on any atom is -0.296 e. The van der Waals surface area contributed by atoms with E-state index in [2.05, 4.69) is 10.2 Å². The van der Waals surface area contributed by atoms with Gasteiger partial charge in [-0.3, -0.25) is 9.13 Å². The van der Waals surface area contributed by atoms with Gasteiger partial charge in [0.15, 0.2) is 0 Å². The third-order valence-electron chi connectivity index (χ3n) is 2.56. The molecule has 0 atom stereocenters. The Labute approximate surface area is 100 Å². The summed E-state index contributed by atoms with van der Waals surface area (Å²) in [6, 6.07) is 0.409. The standard InChI is InChI=1S/C9H9ClN4OS/c10-8-12-11-7(16-8)5-13-3-4-14(9(13)15)6-1-2-6/h3-4,6H,1-2,5H2. The number of hydrogen-bond donors (Lipinski definition) is 0. The van der Waals surface area contributed by atoms with Crippen molar-refractivity contribution in [2.75, 3.05) is 0 Å². The van der Waals surface area contributed by atoms with Crippen LogP contribution in [-0.2, 0) is 6.54 Å². The van der Waals surface area contributed by atoms with Crippen LogP contribution in [0.2, 0.25) is 4.47 Å². The van der Waals surface area contributed by atoms with Crippen LogP contribution in [-0.4, -0.2) is 19.3 Å². The number of imidazole rings is 1. The Morgan fingerprint density at radius 2 is 2.25 bits per heavy atom. The van der Waals surface area contributed by atoms with Crippen LogP contribution in [0.15, 0.2) is 17.2 Å². The molecule has 0 spiro atoms. The van der Waals surface area contributed by atoms with Crippen molar-refractivity contribution in [3.05, 3.63) is 32.4 Å². The van der Waals surface area contributed by atoms with Crippen molar-refractivity contribution in [2.45, 2.75) is 25.4 Å². The number of hydrogen-bond acceptors (Lipinski definition) is 4. The average molecular weight is 257 g/mol. The van der Waals surface area contributed by atoms with Gasteiger partial charge in [0, 0.05) is 18.4 Å². The molecule has 16 heavy (non-hydrogen) atoms. The van der Waals surface area contributed by atoms with Gasteiger partial charge in [0.2, 0.25) is 4.47 Å². The van der Waals surface area contributed by atoms with Crippen molar-refractivity contribution in [1.29, 1.82) is 0 Å². The molecule has 0 bridgehead atoms. The molecule has 2 heterocycles. The molecule has 1 aliphatic rings. The van der Waals surface area contributed by atoms with Gasteiger partial charge >= 0.3 is 5.69 Å². The summed E-state index contributed by atoms with van der Waals surface area (Å²) in [5.74, 6) is 0. The molecular formula is C9H9ClN4OS. The summed E-state index contributed by atoms with van der Waals surface area (Å²) in [6.45, 7) is 0.447. The largest absolute Gasteiger partial charge is 0.328 e. The van der Waals surface area contributed by atoms with Gasteiger partial charge in [-0.25, -0.2) is 4.79 Å². The molecule has 0 radical (unpaired) electrons. The highest BCUT2D eigenvalue weighted by Crippen LogP contribution is 2.33. The van der Waals surface area contributed by atoms with Crippen LogP contribution in [0.25, 0.3) is 0 Å². The van der Waals surface area contributed by atoms with E-state index < -0.39 is 0 Å². The molecular weight excluding hydrogens is 248 g/mol. The predicted molar refractivity (Wildman–Crippen MR) is 61.0 cm³/mol. The molecule has 5 nitrogen and oxygen atoms in total. The number of halogens is 1. The van der Waals surface area contributed by atoms with Gasteiger partial charge in [0.25, 0.3) is 0 Å². The molecule has 7 heteroatoms. The van der Waals surface area contributed by atoms with Crippen molar-refractivity contribution in [2.24, 2.45) is 0 Å². The zero-order chi connectivity index (χ0) is 11.1. The lowest BCUT2D eigenvalue weighted by atomic mass is 10.6. The molecule has 0 amide bonds. The van der Waals surface area contributed by atoms with Gasteiger partial charge in [-0.1, -0.05) is 11.3 Å². The maximum absolute atomic E-state index is 11.9. The van der Waals surface area contributed by atoms with Crippen LogP contribution in [0.3, 0.4) is 0 Å². The fourth-order valence-electron chi connectivity index (χ4n) is 1.62. The Morgan fingerprint density at radius 3 is 2.88 bits per heavy atom. The quantitative estimate of drug-likeness (QED) is 0.837. The fraction of sp³-hybridized carbons (Fsp3) is 0.444. The zero-order valence-corrected chi connectivity index (χ0v) is 9.91. The summed E-state index contributed by atoms with van der Waals surface area (Å²) in [4.78, 5) is 11.9. The maximum Gasteiger partial charge on any atom is 0.328 e. The van der Waals surface area contributed by atoms with Crippen LogP contribution < -0.4 is 5.69 Å². The first-order valence-corrected chi connectivity index (χ1v) is 6.18. The number of nitrogens with zero attached hydrogens (tertiary/aromatic N) is 4. The maximum atomic E-state index is 11.9. The van der Waals surface area contributed by atoms with E-state index in [1.165, 1.54) is 11.3 Å². The summed E-state index contributed by atoms with van der Waals surface area (Å²) in [6.07, 6.45) is 5.84. The second-order valence-corrected chi connectivity index (χ2v) is 5.44. The molecule has 2 aromatic heterocycles. The van der Waals surface area contributed by atoms with Crippen molar-refractivity contribution < 1.29 is 0 Å². The Bertz CT molecular complexity index is 568. The van der Waals surface area contributed by atoms with E-state index in [-0.39, 0.29) is 5.69 Å². The molecule has 0 unspecified atom stereocenters. The van der Waals surface area contributed by atoms with Crippen LogP contribution in [0.5, 0.6) is 0 Å². The van der Waals surface area contributed by atoms with Gasteiger partial charge < -0.3 is 0 Å². The van der Waals surface area contributed by atoms with E-state index in [1.807, 2.05) is 6.20 Å². The molecule has 0 N–H and O–H groups in total. The second-order valence-electron chi connectivity index (χ2n) is 3.80. The third-order valence-corrected chi connectivity index (χ3v) is 3.57. The summed E-state index contributed by atoms with van der Waals surface area (Å²) < 4.78 is 3.82. The van der Waals surface area contributed by atoms with Crippen LogP contribution >= 0.6 is 22.9 Å². The summed E-state index contributed by atoms with van der Waals surface area (Å²) >= 11 is 6.98. The molecule has 1 saturated carbocycles. The van der Waals surface area contributed by atoms with Gasteiger partial charge in [0.1, 0.15) is 5.01 Å². The van der Waals surface area contributed by atoms with Crippen molar-refractivity contribution in [3.8, 4) is 0 Å². The fourth-order valence-corrected chi connectivity index (χ4v) is 2.49. The summed E-state index contributed by atoms with van der Waals surface area (Å²) in [5, 5.41) is 8.35. The number of rotatable bonds is 3. The van der Waals surface area contributed by atoms with E-state index >= 15 is 0 Å². The zero-order valence-electron chi connectivity index (χ0n) is 8.34. The summed E-state index contributed by atoms with van der Waals surface area (Å²) in [7, 11) is 0. The van der Waals surface area contributed by atoms with Gasteiger partial charge in [0.05, 0.1) is 6.54 Å². The van der Waals surface area contributed by atoms with Gasteiger partial charge in [-0.15, -0.1) is 10.2 Å². The molecule has 1 fully saturated rings. The minimum absolute atomic E-state index is 0.0221. The lowest BCUT2D eigenvalue weighted by molar-refractivity contribution is 0.653. The molecule has 2 aromatic rings. The second kappa shape index (κ2) is 3.71. The SMILES string of the molecule is O=c1n(Cc2nnc(Cl)s2)ccn1C1CC1. The highest BCUT2D eigenvalue weighted by Gasteiger charge is 2.25. The smallest absolute Gasteiger partial charge is 0.296 e. The van der Waals surface area contributed by atoms with E-state index in [4.69, 9.17) is 11.6 Å². The first-order chi connectivity index (χ1) is 7.74.